The van der Waals surface area contributed by atoms with Gasteiger partial charge in [0.15, 0.2) is 0 Å². The molecule has 1 saturated heterocycles. The first-order valence-corrected chi connectivity index (χ1v) is 6.75. The highest BCUT2D eigenvalue weighted by Gasteiger charge is 2.30. The van der Waals surface area contributed by atoms with Crippen molar-refractivity contribution in [3.63, 3.8) is 0 Å². The fraction of sp³-hybridized carbons (Fsp3) is 0.533. The Bertz CT molecular complexity index is 459. The minimum atomic E-state index is 0.0565. The lowest BCUT2D eigenvalue weighted by molar-refractivity contribution is -0.127. The smallest absolute Gasteiger partial charge is 0.253 e. The molecule has 1 unspecified atom stereocenters. The van der Waals surface area contributed by atoms with Crippen LogP contribution in [0.2, 0.25) is 0 Å². The number of morpholine rings is 1. The van der Waals surface area contributed by atoms with Gasteiger partial charge in [0.05, 0.1) is 12.6 Å². The SMILES string of the molecule is CNCCC1COCC(=O)N1c1cccc(C)c1C. The molecule has 1 N–H and O–H groups in total. The Morgan fingerprint density at radius 2 is 2.21 bits per heavy atom. The fourth-order valence-corrected chi connectivity index (χ4v) is 2.48. The summed E-state index contributed by atoms with van der Waals surface area (Å²) in [6.45, 7) is 5.82. The van der Waals surface area contributed by atoms with Gasteiger partial charge in [0.2, 0.25) is 0 Å². The molecule has 4 nitrogen and oxygen atoms in total. The molecule has 1 amide bonds. The van der Waals surface area contributed by atoms with Gasteiger partial charge in [-0.1, -0.05) is 12.1 Å². The Labute approximate surface area is 114 Å². The molecular weight excluding hydrogens is 240 g/mol. The fourth-order valence-electron chi connectivity index (χ4n) is 2.48. The summed E-state index contributed by atoms with van der Waals surface area (Å²) in [7, 11) is 1.92. The summed E-state index contributed by atoms with van der Waals surface area (Å²) in [6.07, 6.45) is 0.898. The summed E-state index contributed by atoms with van der Waals surface area (Å²) in [6, 6.07) is 6.23. The molecule has 0 aliphatic carbocycles. The van der Waals surface area contributed by atoms with Crippen molar-refractivity contribution >= 4 is 11.6 Å². The zero-order valence-electron chi connectivity index (χ0n) is 11.9. The van der Waals surface area contributed by atoms with Crippen LogP contribution in [0.5, 0.6) is 0 Å². The van der Waals surface area contributed by atoms with E-state index in [2.05, 4.69) is 25.2 Å². The standard InChI is InChI=1S/C15H22N2O2/c1-11-5-4-6-14(12(11)2)17-13(7-8-16-3)9-19-10-15(17)18/h4-6,13,16H,7-10H2,1-3H3. The van der Waals surface area contributed by atoms with E-state index < -0.39 is 0 Å². The third-order valence-electron chi connectivity index (χ3n) is 3.73. The number of carbonyl (C=O) groups is 1. The number of ether oxygens (including phenoxy) is 1. The van der Waals surface area contributed by atoms with Crippen LogP contribution in [0.1, 0.15) is 17.5 Å². The quantitative estimate of drug-likeness (QED) is 0.897. The summed E-state index contributed by atoms with van der Waals surface area (Å²) in [5, 5.41) is 3.13. The Balaban J connectivity index is 2.30. The molecule has 1 atom stereocenters. The van der Waals surface area contributed by atoms with Crippen molar-refractivity contribution in [2.75, 3.05) is 31.7 Å². The van der Waals surface area contributed by atoms with Crippen molar-refractivity contribution in [1.29, 1.82) is 0 Å². The van der Waals surface area contributed by atoms with E-state index in [4.69, 9.17) is 4.74 Å². The molecule has 0 saturated carbocycles. The monoisotopic (exact) mass is 262 g/mol. The Morgan fingerprint density at radius 1 is 1.42 bits per heavy atom. The second-order valence-electron chi connectivity index (χ2n) is 5.04. The van der Waals surface area contributed by atoms with Crippen molar-refractivity contribution < 1.29 is 9.53 Å². The van der Waals surface area contributed by atoms with Crippen molar-refractivity contribution in [2.45, 2.75) is 26.3 Å². The summed E-state index contributed by atoms with van der Waals surface area (Å²) in [4.78, 5) is 14.1. The molecule has 1 aromatic carbocycles. The molecule has 1 heterocycles. The number of hydrogen-bond donors (Lipinski definition) is 1. The maximum absolute atomic E-state index is 12.2. The highest BCUT2D eigenvalue weighted by atomic mass is 16.5. The van der Waals surface area contributed by atoms with Crippen LogP contribution in [0.15, 0.2) is 18.2 Å². The number of benzene rings is 1. The van der Waals surface area contributed by atoms with E-state index in [1.165, 1.54) is 11.1 Å². The minimum absolute atomic E-state index is 0.0565. The van der Waals surface area contributed by atoms with Crippen molar-refractivity contribution in [2.24, 2.45) is 0 Å². The molecule has 4 heteroatoms. The molecule has 1 aliphatic rings. The third kappa shape index (κ3) is 2.96. The summed E-state index contributed by atoms with van der Waals surface area (Å²) in [5.41, 5.74) is 3.41. The van der Waals surface area contributed by atoms with E-state index in [1.807, 2.05) is 24.1 Å². The topological polar surface area (TPSA) is 41.6 Å². The van der Waals surface area contributed by atoms with Crippen LogP contribution >= 0.6 is 0 Å². The zero-order valence-corrected chi connectivity index (χ0v) is 11.9. The highest BCUT2D eigenvalue weighted by molar-refractivity contribution is 5.96. The van der Waals surface area contributed by atoms with E-state index in [1.54, 1.807) is 0 Å². The lowest BCUT2D eigenvalue weighted by Gasteiger charge is -2.36. The molecule has 0 bridgehead atoms. The molecule has 1 aromatic rings. The summed E-state index contributed by atoms with van der Waals surface area (Å²) < 4.78 is 5.39. The first kappa shape index (κ1) is 14.0. The zero-order chi connectivity index (χ0) is 13.8. The Kier molecular flexibility index (Phi) is 4.56. The molecule has 0 aromatic heterocycles. The van der Waals surface area contributed by atoms with Gasteiger partial charge in [-0.3, -0.25) is 4.79 Å². The third-order valence-corrected chi connectivity index (χ3v) is 3.73. The first-order chi connectivity index (χ1) is 9.15. The second kappa shape index (κ2) is 6.17. The molecule has 0 radical (unpaired) electrons. The molecule has 1 aliphatic heterocycles. The van der Waals surface area contributed by atoms with Gasteiger partial charge in [0.1, 0.15) is 6.61 Å². The lowest BCUT2D eigenvalue weighted by Crippen LogP contribution is -2.50. The molecule has 2 rings (SSSR count). The predicted octanol–water partition coefficient (Wildman–Crippen LogP) is 1.64. The van der Waals surface area contributed by atoms with Crippen molar-refractivity contribution in [3.8, 4) is 0 Å². The van der Waals surface area contributed by atoms with Crippen molar-refractivity contribution in [3.05, 3.63) is 29.3 Å². The number of carbonyl (C=O) groups excluding carboxylic acids is 1. The molecule has 19 heavy (non-hydrogen) atoms. The number of amides is 1. The van der Waals surface area contributed by atoms with E-state index in [0.717, 1.165) is 18.7 Å². The number of nitrogens with one attached hydrogen (secondary N) is 1. The average molecular weight is 262 g/mol. The summed E-state index contributed by atoms with van der Waals surface area (Å²) >= 11 is 0. The number of hydrogen-bond acceptors (Lipinski definition) is 3. The van der Waals surface area contributed by atoms with E-state index >= 15 is 0 Å². The second-order valence-corrected chi connectivity index (χ2v) is 5.04. The Hall–Kier alpha value is -1.39. The van der Waals surface area contributed by atoms with Gasteiger partial charge >= 0.3 is 0 Å². The van der Waals surface area contributed by atoms with Gasteiger partial charge in [-0.05, 0) is 51.1 Å². The van der Waals surface area contributed by atoms with Crippen molar-refractivity contribution in [1.82, 2.24) is 5.32 Å². The maximum atomic E-state index is 12.2. The number of aryl methyl sites for hydroxylation is 1. The van der Waals surface area contributed by atoms with Gasteiger partial charge < -0.3 is 15.0 Å². The Morgan fingerprint density at radius 3 is 2.95 bits per heavy atom. The maximum Gasteiger partial charge on any atom is 0.253 e. The lowest BCUT2D eigenvalue weighted by atomic mass is 10.0. The van der Waals surface area contributed by atoms with Crippen LogP contribution in [0.4, 0.5) is 5.69 Å². The van der Waals surface area contributed by atoms with Gasteiger partial charge in [0.25, 0.3) is 5.91 Å². The number of anilines is 1. The van der Waals surface area contributed by atoms with Gasteiger partial charge in [-0.25, -0.2) is 0 Å². The van der Waals surface area contributed by atoms with E-state index in [-0.39, 0.29) is 18.6 Å². The van der Waals surface area contributed by atoms with Crippen LogP contribution in [0, 0.1) is 13.8 Å². The minimum Gasteiger partial charge on any atom is -0.369 e. The summed E-state index contributed by atoms with van der Waals surface area (Å²) in [5.74, 6) is 0.0565. The molecule has 1 fully saturated rings. The number of rotatable bonds is 4. The van der Waals surface area contributed by atoms with E-state index in [9.17, 15) is 4.79 Å². The normalized spacial score (nSPS) is 19.8. The van der Waals surface area contributed by atoms with Crippen LogP contribution in [0.3, 0.4) is 0 Å². The van der Waals surface area contributed by atoms with Gasteiger partial charge in [0, 0.05) is 5.69 Å². The molecular formula is C15H22N2O2. The first-order valence-electron chi connectivity index (χ1n) is 6.75. The van der Waals surface area contributed by atoms with Crippen LogP contribution in [-0.2, 0) is 9.53 Å². The average Bonchev–Trinajstić information content (AvgIpc) is 2.40. The molecule has 104 valence electrons. The van der Waals surface area contributed by atoms with Gasteiger partial charge in [-0.2, -0.15) is 0 Å². The predicted molar refractivity (Wildman–Crippen MR) is 76.6 cm³/mol. The highest BCUT2D eigenvalue weighted by Crippen LogP contribution is 2.27. The van der Waals surface area contributed by atoms with Crippen LogP contribution in [-0.4, -0.2) is 38.8 Å². The number of nitrogens with zero attached hydrogens (tertiary/aromatic N) is 1. The van der Waals surface area contributed by atoms with Crippen LogP contribution in [0.25, 0.3) is 0 Å². The largest absolute Gasteiger partial charge is 0.369 e. The van der Waals surface area contributed by atoms with Gasteiger partial charge in [-0.15, -0.1) is 0 Å². The molecule has 0 spiro atoms. The van der Waals surface area contributed by atoms with Crippen LogP contribution < -0.4 is 10.2 Å². The van der Waals surface area contributed by atoms with E-state index in [0.29, 0.717) is 6.61 Å².